The summed E-state index contributed by atoms with van der Waals surface area (Å²) in [5, 5.41) is 17.4. The van der Waals surface area contributed by atoms with E-state index in [0.717, 1.165) is 33.8 Å². The molecule has 0 aliphatic carbocycles. The number of carboxylic acids is 1. The molecule has 0 spiro atoms. The van der Waals surface area contributed by atoms with Gasteiger partial charge in [-0.3, -0.25) is 4.79 Å². The molecule has 4 rings (SSSR count). The average Bonchev–Trinajstić information content (AvgIpc) is 2.78. The number of aromatic nitrogens is 1. The van der Waals surface area contributed by atoms with Gasteiger partial charge in [0.2, 0.25) is 0 Å². The molecule has 1 aliphatic heterocycles. The number of para-hydroxylation sites is 2. The normalized spacial score (nSPS) is 12.2. The number of fused-ring (bicyclic) bond motifs is 4. The van der Waals surface area contributed by atoms with Crippen molar-refractivity contribution >= 4 is 51.4 Å². The highest BCUT2D eigenvalue weighted by Gasteiger charge is 2.23. The first kappa shape index (κ1) is 13.0. The van der Waals surface area contributed by atoms with Crippen LogP contribution in [0.2, 0.25) is 5.02 Å². The van der Waals surface area contributed by atoms with E-state index < -0.39 is 5.97 Å². The van der Waals surface area contributed by atoms with Crippen molar-refractivity contribution in [1.29, 1.82) is 0 Å². The van der Waals surface area contributed by atoms with Crippen LogP contribution < -0.4 is 10.6 Å². The quantitative estimate of drug-likeness (QED) is 0.519. The van der Waals surface area contributed by atoms with Gasteiger partial charge in [-0.15, -0.1) is 0 Å². The molecular weight excluding hydrogens is 302 g/mol. The van der Waals surface area contributed by atoms with Gasteiger partial charge in [0.1, 0.15) is 12.4 Å². The summed E-state index contributed by atoms with van der Waals surface area (Å²) in [6.07, 6.45) is 0. The Kier molecular flexibility index (Phi) is 2.77. The van der Waals surface area contributed by atoms with Gasteiger partial charge in [-0.25, -0.2) is 0 Å². The summed E-state index contributed by atoms with van der Waals surface area (Å²) in [5.74, 6) is -0.159. The first-order chi connectivity index (χ1) is 10.6. The number of halogens is 1. The summed E-state index contributed by atoms with van der Waals surface area (Å²) < 4.78 is 1.74. The molecule has 5 nitrogen and oxygen atoms in total. The maximum absolute atomic E-state index is 11.2. The molecule has 2 heterocycles. The fraction of sp³-hybridized carbons (Fsp3) is 0.0625. The van der Waals surface area contributed by atoms with Gasteiger partial charge in [-0.05, 0) is 30.3 Å². The van der Waals surface area contributed by atoms with Crippen molar-refractivity contribution in [1.82, 2.24) is 4.57 Å². The van der Waals surface area contributed by atoms with Crippen LogP contribution in [0.5, 0.6) is 0 Å². The lowest BCUT2D eigenvalue weighted by molar-refractivity contribution is -0.137. The third-order valence-corrected chi connectivity index (χ3v) is 3.99. The minimum absolute atomic E-state index is 0.121. The van der Waals surface area contributed by atoms with Crippen LogP contribution >= 0.6 is 11.6 Å². The zero-order valence-electron chi connectivity index (χ0n) is 11.4. The Morgan fingerprint density at radius 1 is 1.14 bits per heavy atom. The number of hydrogen-bond acceptors (Lipinski definition) is 3. The first-order valence-electron chi connectivity index (χ1n) is 6.80. The minimum atomic E-state index is -0.893. The summed E-state index contributed by atoms with van der Waals surface area (Å²) in [4.78, 5) is 11.2. The summed E-state index contributed by atoms with van der Waals surface area (Å²) in [6.45, 7) is -0.121. The number of benzene rings is 2. The smallest absolute Gasteiger partial charge is 0.323 e. The Morgan fingerprint density at radius 2 is 1.86 bits per heavy atom. The molecule has 2 aromatic carbocycles. The second-order valence-electron chi connectivity index (χ2n) is 5.16. The van der Waals surface area contributed by atoms with Crippen LogP contribution in [0.3, 0.4) is 0 Å². The molecule has 0 saturated heterocycles. The van der Waals surface area contributed by atoms with E-state index in [1.54, 1.807) is 10.6 Å². The maximum Gasteiger partial charge on any atom is 0.323 e. The Bertz CT molecular complexity index is 917. The van der Waals surface area contributed by atoms with E-state index in [1.165, 1.54) is 0 Å². The van der Waals surface area contributed by atoms with E-state index in [0.29, 0.717) is 5.02 Å². The molecule has 22 heavy (non-hydrogen) atoms. The van der Waals surface area contributed by atoms with E-state index >= 15 is 0 Å². The molecule has 0 atom stereocenters. The topological polar surface area (TPSA) is 66.3 Å². The fourth-order valence-corrected chi connectivity index (χ4v) is 3.02. The lowest BCUT2D eigenvalue weighted by atomic mass is 10.2. The van der Waals surface area contributed by atoms with E-state index in [2.05, 4.69) is 10.6 Å². The van der Waals surface area contributed by atoms with Crippen molar-refractivity contribution in [3.8, 4) is 0 Å². The minimum Gasteiger partial charge on any atom is -0.480 e. The van der Waals surface area contributed by atoms with Gasteiger partial charge < -0.3 is 20.3 Å². The van der Waals surface area contributed by atoms with Crippen LogP contribution in [0.1, 0.15) is 0 Å². The molecule has 0 saturated carbocycles. The van der Waals surface area contributed by atoms with Crippen LogP contribution in [0.15, 0.2) is 42.5 Å². The lowest BCUT2D eigenvalue weighted by Crippen LogP contribution is -2.13. The summed E-state index contributed by atoms with van der Waals surface area (Å²) in [6, 6.07) is 13.2. The molecule has 1 aromatic heterocycles. The molecule has 6 heteroatoms. The molecule has 0 amide bonds. The Morgan fingerprint density at radius 3 is 2.59 bits per heavy atom. The number of nitrogens with one attached hydrogen (secondary N) is 2. The van der Waals surface area contributed by atoms with Crippen LogP contribution in [-0.4, -0.2) is 15.6 Å². The van der Waals surface area contributed by atoms with Crippen LogP contribution in [0.4, 0.5) is 22.9 Å². The van der Waals surface area contributed by atoms with Crippen molar-refractivity contribution < 1.29 is 9.90 Å². The number of anilines is 4. The predicted molar refractivity (Wildman–Crippen MR) is 87.6 cm³/mol. The lowest BCUT2D eigenvalue weighted by Gasteiger charge is -2.22. The average molecular weight is 314 g/mol. The molecule has 3 N–H and O–H groups in total. The zero-order chi connectivity index (χ0) is 15.3. The monoisotopic (exact) mass is 313 g/mol. The molecule has 3 aromatic rings. The van der Waals surface area contributed by atoms with Gasteiger partial charge in [-0.2, -0.15) is 0 Å². The number of aliphatic carboxylic acids is 1. The molecule has 1 aliphatic rings. The van der Waals surface area contributed by atoms with Crippen molar-refractivity contribution in [2.45, 2.75) is 6.54 Å². The fourth-order valence-electron chi connectivity index (χ4n) is 2.85. The zero-order valence-corrected chi connectivity index (χ0v) is 12.2. The second kappa shape index (κ2) is 4.68. The number of rotatable bonds is 2. The largest absolute Gasteiger partial charge is 0.480 e. The molecule has 0 unspecified atom stereocenters. The third kappa shape index (κ3) is 1.90. The first-order valence-corrected chi connectivity index (χ1v) is 7.18. The molecule has 0 radical (unpaired) electrons. The van der Waals surface area contributed by atoms with Crippen molar-refractivity contribution in [3.63, 3.8) is 0 Å². The second-order valence-corrected chi connectivity index (χ2v) is 5.60. The van der Waals surface area contributed by atoms with Gasteiger partial charge in [0.05, 0.1) is 22.6 Å². The van der Waals surface area contributed by atoms with Crippen LogP contribution in [-0.2, 0) is 11.3 Å². The van der Waals surface area contributed by atoms with Crippen LogP contribution in [0.25, 0.3) is 10.9 Å². The number of nitrogens with zero attached hydrogens (tertiary/aromatic N) is 1. The van der Waals surface area contributed by atoms with Crippen molar-refractivity contribution in [3.05, 3.63) is 47.5 Å². The summed E-state index contributed by atoms with van der Waals surface area (Å²) in [5.41, 5.74) is 3.53. The van der Waals surface area contributed by atoms with Crippen molar-refractivity contribution in [2.24, 2.45) is 0 Å². The molecule has 0 fully saturated rings. The third-order valence-electron chi connectivity index (χ3n) is 3.76. The Hall–Kier alpha value is -2.66. The maximum atomic E-state index is 11.2. The molecule has 110 valence electrons. The van der Waals surface area contributed by atoms with Crippen molar-refractivity contribution in [2.75, 3.05) is 10.6 Å². The highest BCUT2D eigenvalue weighted by atomic mass is 35.5. The van der Waals surface area contributed by atoms with E-state index in [-0.39, 0.29) is 6.54 Å². The number of carbonyl (C=O) groups is 1. The Labute approximate surface area is 131 Å². The SMILES string of the molecule is O=C(O)Cn1c2c(c3cc(Cl)ccc31)Nc1ccccc1N2. The highest BCUT2D eigenvalue weighted by molar-refractivity contribution is 6.31. The van der Waals surface area contributed by atoms with Gasteiger partial charge in [0, 0.05) is 10.4 Å². The number of carboxylic acid groups (broad SMARTS) is 1. The summed E-state index contributed by atoms with van der Waals surface area (Å²) in [7, 11) is 0. The van der Waals surface area contributed by atoms with Gasteiger partial charge in [0.25, 0.3) is 0 Å². The predicted octanol–water partition coefficient (Wildman–Crippen LogP) is 4.18. The van der Waals surface area contributed by atoms with Gasteiger partial charge in [-0.1, -0.05) is 23.7 Å². The number of hydrogen-bond donors (Lipinski definition) is 3. The van der Waals surface area contributed by atoms with E-state index in [9.17, 15) is 9.90 Å². The highest BCUT2D eigenvalue weighted by Crippen LogP contribution is 2.45. The van der Waals surface area contributed by atoms with E-state index in [4.69, 9.17) is 11.6 Å². The van der Waals surface area contributed by atoms with E-state index in [1.807, 2.05) is 36.4 Å². The van der Waals surface area contributed by atoms with Crippen LogP contribution in [0, 0.1) is 0 Å². The summed E-state index contributed by atoms with van der Waals surface area (Å²) >= 11 is 6.10. The van der Waals surface area contributed by atoms with Gasteiger partial charge >= 0.3 is 5.97 Å². The molecular formula is C16H12ClN3O2. The van der Waals surface area contributed by atoms with Gasteiger partial charge in [0.15, 0.2) is 0 Å². The Balaban J connectivity index is 1.98. The molecule has 0 bridgehead atoms. The standard InChI is InChI=1S/C16H12ClN3O2/c17-9-5-6-13-10(7-9)15-16(20(13)8-14(21)22)19-12-4-2-1-3-11(12)18-15/h1-7,18-19H,8H2,(H,21,22).